The van der Waals surface area contributed by atoms with Gasteiger partial charge in [0.15, 0.2) is 0 Å². The molecule has 0 aliphatic carbocycles. The van der Waals surface area contributed by atoms with E-state index >= 15 is 0 Å². The third kappa shape index (κ3) is 3.39. The number of amides is 1. The molecule has 0 aromatic heterocycles. The normalized spacial score (nSPS) is 10.4. The summed E-state index contributed by atoms with van der Waals surface area (Å²) in [6, 6.07) is 5.95. The highest BCUT2D eigenvalue weighted by atomic mass is 19.1. The first kappa shape index (κ1) is 10.4. The first-order valence-corrected chi connectivity index (χ1v) is 4.44. The summed E-state index contributed by atoms with van der Waals surface area (Å²) < 4.78 is 12.5. The van der Waals surface area contributed by atoms with Crippen molar-refractivity contribution in [3.8, 4) is 0 Å². The van der Waals surface area contributed by atoms with Crippen LogP contribution in [0.15, 0.2) is 30.3 Å². The van der Waals surface area contributed by atoms with Gasteiger partial charge < -0.3 is 5.32 Å². The second-order valence-electron chi connectivity index (χ2n) is 2.78. The van der Waals surface area contributed by atoms with Gasteiger partial charge in [-0.25, -0.2) is 4.39 Å². The highest BCUT2D eigenvalue weighted by molar-refractivity contribution is 5.91. The Morgan fingerprint density at radius 1 is 1.43 bits per heavy atom. The van der Waals surface area contributed by atoms with Gasteiger partial charge in [-0.05, 0) is 30.7 Å². The predicted molar refractivity (Wildman–Crippen MR) is 54.1 cm³/mol. The molecule has 0 spiro atoms. The number of halogens is 1. The second kappa shape index (κ2) is 5.17. The Morgan fingerprint density at radius 2 is 2.07 bits per heavy atom. The van der Waals surface area contributed by atoms with Crippen LogP contribution in [0.1, 0.15) is 12.5 Å². The standard InChI is InChI=1S/C11H12FNO/c1-2-13-11(14)8-5-9-3-6-10(12)7-4-9/h3-8H,2H2,1H3,(H,13,14). The van der Waals surface area contributed by atoms with Crippen LogP contribution in [0, 0.1) is 5.82 Å². The maximum absolute atomic E-state index is 12.5. The van der Waals surface area contributed by atoms with Gasteiger partial charge in [0.1, 0.15) is 5.82 Å². The molecule has 0 heterocycles. The van der Waals surface area contributed by atoms with Crippen molar-refractivity contribution in [1.82, 2.24) is 5.32 Å². The molecule has 0 saturated heterocycles. The summed E-state index contributed by atoms with van der Waals surface area (Å²) in [7, 11) is 0. The van der Waals surface area contributed by atoms with Crippen molar-refractivity contribution in [2.75, 3.05) is 6.54 Å². The van der Waals surface area contributed by atoms with Gasteiger partial charge in [0, 0.05) is 12.6 Å². The van der Waals surface area contributed by atoms with E-state index in [0.717, 1.165) is 5.56 Å². The lowest BCUT2D eigenvalue weighted by atomic mass is 10.2. The molecule has 74 valence electrons. The van der Waals surface area contributed by atoms with Crippen molar-refractivity contribution >= 4 is 12.0 Å². The van der Waals surface area contributed by atoms with Gasteiger partial charge in [0.05, 0.1) is 0 Å². The summed E-state index contributed by atoms with van der Waals surface area (Å²) in [6.07, 6.45) is 3.07. The quantitative estimate of drug-likeness (QED) is 0.730. The maximum atomic E-state index is 12.5. The first-order valence-electron chi connectivity index (χ1n) is 4.44. The number of hydrogen-bond acceptors (Lipinski definition) is 1. The van der Waals surface area contributed by atoms with E-state index in [1.807, 2.05) is 6.92 Å². The molecular weight excluding hydrogens is 181 g/mol. The largest absolute Gasteiger partial charge is 0.353 e. The fourth-order valence-electron chi connectivity index (χ4n) is 0.979. The number of likely N-dealkylation sites (N-methyl/N-ethyl adjacent to an activating group) is 1. The zero-order chi connectivity index (χ0) is 10.4. The van der Waals surface area contributed by atoms with Gasteiger partial charge in [-0.2, -0.15) is 0 Å². The van der Waals surface area contributed by atoms with E-state index < -0.39 is 0 Å². The fraction of sp³-hybridized carbons (Fsp3) is 0.182. The Balaban J connectivity index is 2.60. The van der Waals surface area contributed by atoms with E-state index in [2.05, 4.69) is 5.32 Å². The summed E-state index contributed by atoms with van der Waals surface area (Å²) in [6.45, 7) is 2.45. The lowest BCUT2D eigenvalue weighted by Gasteiger charge is -1.95. The van der Waals surface area contributed by atoms with Gasteiger partial charge in [-0.1, -0.05) is 12.1 Å². The Hall–Kier alpha value is -1.64. The lowest BCUT2D eigenvalue weighted by Crippen LogP contribution is -2.19. The molecule has 0 fully saturated rings. The molecule has 1 rings (SSSR count). The maximum Gasteiger partial charge on any atom is 0.243 e. The molecule has 0 saturated carbocycles. The van der Waals surface area contributed by atoms with Crippen LogP contribution in [0.4, 0.5) is 4.39 Å². The molecule has 1 aromatic carbocycles. The number of rotatable bonds is 3. The Morgan fingerprint density at radius 3 is 2.64 bits per heavy atom. The van der Waals surface area contributed by atoms with E-state index in [1.54, 1.807) is 18.2 Å². The molecule has 1 amide bonds. The van der Waals surface area contributed by atoms with Crippen LogP contribution in [-0.2, 0) is 4.79 Å². The molecule has 1 N–H and O–H groups in total. The average molecular weight is 193 g/mol. The van der Waals surface area contributed by atoms with Crippen LogP contribution in [0.25, 0.3) is 6.08 Å². The summed E-state index contributed by atoms with van der Waals surface area (Å²) in [4.78, 5) is 11.0. The van der Waals surface area contributed by atoms with E-state index in [0.29, 0.717) is 6.54 Å². The van der Waals surface area contributed by atoms with E-state index in [4.69, 9.17) is 0 Å². The van der Waals surface area contributed by atoms with Gasteiger partial charge in [-0.3, -0.25) is 4.79 Å². The molecular formula is C11H12FNO. The molecule has 0 unspecified atom stereocenters. The van der Waals surface area contributed by atoms with Crippen molar-refractivity contribution in [3.63, 3.8) is 0 Å². The van der Waals surface area contributed by atoms with Crippen LogP contribution < -0.4 is 5.32 Å². The fourth-order valence-corrected chi connectivity index (χ4v) is 0.979. The van der Waals surface area contributed by atoms with Crippen molar-refractivity contribution in [2.24, 2.45) is 0 Å². The van der Waals surface area contributed by atoms with Crippen molar-refractivity contribution in [2.45, 2.75) is 6.92 Å². The van der Waals surface area contributed by atoms with Gasteiger partial charge in [0.25, 0.3) is 0 Å². The van der Waals surface area contributed by atoms with Crippen molar-refractivity contribution in [1.29, 1.82) is 0 Å². The number of hydrogen-bond donors (Lipinski definition) is 1. The molecule has 0 radical (unpaired) electrons. The Labute approximate surface area is 82.4 Å². The molecule has 3 heteroatoms. The Kier molecular flexibility index (Phi) is 3.85. The summed E-state index contributed by atoms with van der Waals surface area (Å²) in [5.74, 6) is -0.419. The summed E-state index contributed by atoms with van der Waals surface area (Å²) in [5.41, 5.74) is 0.803. The van der Waals surface area contributed by atoms with Crippen molar-refractivity contribution in [3.05, 3.63) is 41.7 Å². The van der Waals surface area contributed by atoms with Crippen LogP contribution in [0.3, 0.4) is 0 Å². The average Bonchev–Trinajstić information content (AvgIpc) is 2.17. The zero-order valence-electron chi connectivity index (χ0n) is 7.96. The van der Waals surface area contributed by atoms with Crippen LogP contribution in [0.5, 0.6) is 0 Å². The smallest absolute Gasteiger partial charge is 0.243 e. The molecule has 0 bridgehead atoms. The van der Waals surface area contributed by atoms with Crippen LogP contribution in [-0.4, -0.2) is 12.5 Å². The molecule has 1 aromatic rings. The topological polar surface area (TPSA) is 29.1 Å². The van der Waals surface area contributed by atoms with E-state index in [1.165, 1.54) is 18.2 Å². The minimum absolute atomic E-state index is 0.142. The van der Waals surface area contributed by atoms with Gasteiger partial charge >= 0.3 is 0 Å². The molecule has 2 nitrogen and oxygen atoms in total. The second-order valence-corrected chi connectivity index (χ2v) is 2.78. The SMILES string of the molecule is CCNC(=O)C=Cc1ccc(F)cc1. The summed E-state index contributed by atoms with van der Waals surface area (Å²) in [5, 5.41) is 2.63. The monoisotopic (exact) mass is 193 g/mol. The number of carbonyl (C=O) groups is 1. The van der Waals surface area contributed by atoms with E-state index in [9.17, 15) is 9.18 Å². The highest BCUT2D eigenvalue weighted by Crippen LogP contribution is 2.04. The third-order valence-corrected chi connectivity index (χ3v) is 1.65. The minimum Gasteiger partial charge on any atom is -0.353 e. The number of nitrogens with one attached hydrogen (secondary N) is 1. The van der Waals surface area contributed by atoms with Crippen LogP contribution in [0.2, 0.25) is 0 Å². The van der Waals surface area contributed by atoms with Crippen molar-refractivity contribution < 1.29 is 9.18 Å². The zero-order valence-corrected chi connectivity index (χ0v) is 7.96. The number of benzene rings is 1. The number of carbonyl (C=O) groups excluding carboxylic acids is 1. The lowest BCUT2D eigenvalue weighted by molar-refractivity contribution is -0.116. The third-order valence-electron chi connectivity index (χ3n) is 1.65. The van der Waals surface area contributed by atoms with Gasteiger partial charge in [0.2, 0.25) is 5.91 Å². The minimum atomic E-state index is -0.278. The Bertz CT molecular complexity index is 330. The highest BCUT2D eigenvalue weighted by Gasteiger charge is 1.92. The van der Waals surface area contributed by atoms with Gasteiger partial charge in [-0.15, -0.1) is 0 Å². The van der Waals surface area contributed by atoms with E-state index in [-0.39, 0.29) is 11.7 Å². The first-order chi connectivity index (χ1) is 6.72. The molecule has 0 aliphatic heterocycles. The summed E-state index contributed by atoms with van der Waals surface area (Å²) >= 11 is 0. The molecule has 0 atom stereocenters. The molecule has 0 aliphatic rings. The van der Waals surface area contributed by atoms with Crippen LogP contribution >= 0.6 is 0 Å². The molecule has 14 heavy (non-hydrogen) atoms. The predicted octanol–water partition coefficient (Wildman–Crippen LogP) is 1.98.